The second-order valence-corrected chi connectivity index (χ2v) is 13.5. The number of rotatable bonds is 1. The Hall–Kier alpha value is -5.64. The van der Waals surface area contributed by atoms with Crippen LogP contribution in [-0.2, 0) is 5.41 Å². The van der Waals surface area contributed by atoms with Crippen molar-refractivity contribution in [2.24, 2.45) is 0 Å². The highest BCUT2D eigenvalue weighted by Gasteiger charge is 2.51. The van der Waals surface area contributed by atoms with Gasteiger partial charge in [0.2, 0.25) is 0 Å². The standard InChI is InChI=1S/C43H25NOS/c1-5-15-33-27(11-1)28-12-2-6-16-34(28)43(33)35-17-7-9-19-38(35)45-42-36(43)24-23-32-29-13-3-8-18-37(29)44(41(32)42)26-21-22-31-30-14-4-10-20-39(30)46-40(31)25-26/h1-25H. The molecule has 0 amide bonds. The molecule has 0 saturated heterocycles. The van der Waals surface area contributed by atoms with E-state index in [1.807, 2.05) is 11.3 Å². The van der Waals surface area contributed by atoms with E-state index in [1.54, 1.807) is 0 Å². The molecule has 1 spiro atoms. The van der Waals surface area contributed by atoms with Crippen LogP contribution in [0.3, 0.4) is 0 Å². The molecule has 1 aliphatic heterocycles. The smallest absolute Gasteiger partial charge is 0.156 e. The van der Waals surface area contributed by atoms with Gasteiger partial charge in [0.25, 0.3) is 0 Å². The number of hydrogen-bond donors (Lipinski definition) is 0. The van der Waals surface area contributed by atoms with Gasteiger partial charge < -0.3 is 9.30 Å². The Morgan fingerprint density at radius 1 is 0.478 bits per heavy atom. The minimum Gasteiger partial charge on any atom is -0.454 e. The summed E-state index contributed by atoms with van der Waals surface area (Å²) in [5.74, 6) is 1.83. The van der Waals surface area contributed by atoms with Crippen molar-refractivity contribution >= 4 is 53.3 Å². The maximum Gasteiger partial charge on any atom is 0.156 e. The molecule has 0 radical (unpaired) electrons. The molecule has 0 atom stereocenters. The first kappa shape index (κ1) is 24.7. The normalized spacial score (nSPS) is 14.0. The molecule has 0 bridgehead atoms. The summed E-state index contributed by atoms with van der Waals surface area (Å²) in [6.45, 7) is 0. The maximum atomic E-state index is 7.12. The first-order valence-electron chi connectivity index (χ1n) is 15.8. The minimum absolute atomic E-state index is 0.498. The number of thiophene rings is 1. The summed E-state index contributed by atoms with van der Waals surface area (Å²) in [6.07, 6.45) is 0. The van der Waals surface area contributed by atoms with E-state index in [-0.39, 0.29) is 0 Å². The number of ether oxygens (including phenoxy) is 1. The van der Waals surface area contributed by atoms with Crippen LogP contribution in [0, 0.1) is 0 Å². The average Bonchev–Trinajstić information content (AvgIpc) is 3.75. The van der Waals surface area contributed by atoms with Gasteiger partial charge in [-0.3, -0.25) is 0 Å². The van der Waals surface area contributed by atoms with Gasteiger partial charge in [-0.1, -0.05) is 121 Å². The zero-order chi connectivity index (χ0) is 30.0. The third kappa shape index (κ3) is 2.92. The Morgan fingerprint density at radius 2 is 1.11 bits per heavy atom. The number of nitrogens with zero attached hydrogens (tertiary/aromatic N) is 1. The largest absolute Gasteiger partial charge is 0.454 e. The average molecular weight is 604 g/mol. The summed E-state index contributed by atoms with van der Waals surface area (Å²) in [6, 6.07) is 55.6. The molecule has 0 N–H and O–H groups in total. The Labute approximate surface area is 269 Å². The molecular formula is C43H25NOS. The third-order valence-corrected chi connectivity index (χ3v) is 11.4. The topological polar surface area (TPSA) is 14.2 Å². The fourth-order valence-electron chi connectivity index (χ4n) is 8.48. The molecule has 46 heavy (non-hydrogen) atoms. The summed E-state index contributed by atoms with van der Waals surface area (Å²) in [5, 5.41) is 5.03. The summed E-state index contributed by atoms with van der Waals surface area (Å²) < 4.78 is 12.2. The lowest BCUT2D eigenvalue weighted by Crippen LogP contribution is -2.32. The quantitative estimate of drug-likeness (QED) is 0.182. The van der Waals surface area contributed by atoms with E-state index in [4.69, 9.17) is 4.74 Å². The fraction of sp³-hybridized carbons (Fsp3) is 0.0233. The van der Waals surface area contributed by atoms with Crippen molar-refractivity contribution in [2.75, 3.05) is 0 Å². The van der Waals surface area contributed by atoms with Crippen molar-refractivity contribution in [3.05, 3.63) is 174 Å². The van der Waals surface area contributed by atoms with E-state index in [0.29, 0.717) is 0 Å². The predicted molar refractivity (Wildman–Crippen MR) is 191 cm³/mol. The predicted octanol–water partition coefficient (Wildman–Crippen LogP) is 11.6. The van der Waals surface area contributed by atoms with Crippen molar-refractivity contribution in [1.82, 2.24) is 4.57 Å². The van der Waals surface area contributed by atoms with E-state index in [2.05, 4.69) is 156 Å². The Kier molecular flexibility index (Phi) is 4.69. The molecule has 7 aromatic carbocycles. The second-order valence-electron chi connectivity index (χ2n) is 12.4. The first-order valence-corrected chi connectivity index (χ1v) is 16.6. The summed E-state index contributed by atoms with van der Waals surface area (Å²) in [4.78, 5) is 0. The third-order valence-electron chi connectivity index (χ3n) is 10.3. The van der Waals surface area contributed by atoms with Crippen LogP contribution in [0.25, 0.3) is 58.8 Å². The van der Waals surface area contributed by atoms with Gasteiger partial charge in [-0.05, 0) is 52.6 Å². The highest BCUT2D eigenvalue weighted by Crippen LogP contribution is 2.63. The van der Waals surface area contributed by atoms with E-state index >= 15 is 0 Å². The van der Waals surface area contributed by atoms with Crippen LogP contribution in [0.1, 0.15) is 22.3 Å². The SMILES string of the molecule is c1ccc2c(c1)Oc1c(ccc3c4ccccc4n(-c4ccc5c(c4)sc4ccccc45)c13)C21c2ccccc2-c2ccccc21. The van der Waals surface area contributed by atoms with Crippen LogP contribution in [0.4, 0.5) is 0 Å². The first-order chi connectivity index (χ1) is 22.8. The van der Waals surface area contributed by atoms with E-state index in [9.17, 15) is 0 Å². The van der Waals surface area contributed by atoms with Crippen LogP contribution < -0.4 is 4.74 Å². The number of aromatic nitrogens is 1. The number of benzene rings is 7. The molecule has 3 heteroatoms. The van der Waals surface area contributed by atoms with Crippen molar-refractivity contribution in [3.63, 3.8) is 0 Å². The summed E-state index contributed by atoms with van der Waals surface area (Å²) in [5.41, 5.74) is 10.5. The molecule has 2 aromatic heterocycles. The molecule has 1 aliphatic carbocycles. The Morgan fingerprint density at radius 3 is 1.93 bits per heavy atom. The van der Waals surface area contributed by atoms with Gasteiger partial charge in [-0.15, -0.1) is 11.3 Å². The van der Waals surface area contributed by atoms with Crippen molar-refractivity contribution in [2.45, 2.75) is 5.41 Å². The van der Waals surface area contributed by atoms with Crippen molar-refractivity contribution in [3.8, 4) is 28.3 Å². The number of hydrogen-bond acceptors (Lipinski definition) is 2. The lowest BCUT2D eigenvalue weighted by Gasteiger charge is -2.39. The zero-order valence-corrected chi connectivity index (χ0v) is 25.5. The van der Waals surface area contributed by atoms with Gasteiger partial charge in [0, 0.05) is 47.8 Å². The highest BCUT2D eigenvalue weighted by atomic mass is 32.1. The van der Waals surface area contributed by atoms with Gasteiger partial charge in [-0.25, -0.2) is 0 Å². The molecule has 3 heterocycles. The van der Waals surface area contributed by atoms with Gasteiger partial charge in [-0.2, -0.15) is 0 Å². The lowest BCUT2D eigenvalue weighted by molar-refractivity contribution is 0.440. The molecule has 214 valence electrons. The molecule has 2 aliphatic rings. The van der Waals surface area contributed by atoms with Crippen molar-refractivity contribution < 1.29 is 4.74 Å². The molecule has 0 fully saturated rings. The second kappa shape index (κ2) is 8.75. The van der Waals surface area contributed by atoms with Crippen LogP contribution in [0.15, 0.2) is 152 Å². The summed E-state index contributed by atoms with van der Waals surface area (Å²) in [7, 11) is 0. The molecule has 11 rings (SSSR count). The molecular weight excluding hydrogens is 579 g/mol. The number of fused-ring (bicyclic) bond motifs is 16. The van der Waals surface area contributed by atoms with Gasteiger partial charge in [0.05, 0.1) is 16.4 Å². The Bertz CT molecular complexity index is 2700. The maximum absolute atomic E-state index is 7.12. The molecule has 9 aromatic rings. The minimum atomic E-state index is -0.498. The van der Waals surface area contributed by atoms with Crippen LogP contribution in [-0.4, -0.2) is 4.57 Å². The Balaban J connectivity index is 1.30. The van der Waals surface area contributed by atoms with Gasteiger partial charge in [0.15, 0.2) is 5.75 Å². The van der Waals surface area contributed by atoms with Gasteiger partial charge >= 0.3 is 0 Å². The van der Waals surface area contributed by atoms with E-state index < -0.39 is 5.41 Å². The lowest BCUT2D eigenvalue weighted by atomic mass is 9.66. The molecule has 0 unspecified atom stereocenters. The molecule has 0 saturated carbocycles. The monoisotopic (exact) mass is 603 g/mol. The van der Waals surface area contributed by atoms with Crippen molar-refractivity contribution in [1.29, 1.82) is 0 Å². The van der Waals surface area contributed by atoms with Crippen LogP contribution in [0.5, 0.6) is 11.5 Å². The fourth-order valence-corrected chi connectivity index (χ4v) is 9.62. The van der Waals surface area contributed by atoms with E-state index in [1.165, 1.54) is 69.8 Å². The van der Waals surface area contributed by atoms with Crippen LogP contribution in [0.2, 0.25) is 0 Å². The van der Waals surface area contributed by atoms with E-state index in [0.717, 1.165) is 22.7 Å². The van der Waals surface area contributed by atoms with Gasteiger partial charge in [0.1, 0.15) is 5.75 Å². The van der Waals surface area contributed by atoms with Crippen LogP contribution >= 0.6 is 11.3 Å². The number of para-hydroxylation sites is 2. The molecule has 2 nitrogen and oxygen atoms in total. The summed E-state index contributed by atoms with van der Waals surface area (Å²) >= 11 is 1.86. The highest BCUT2D eigenvalue weighted by molar-refractivity contribution is 7.25. The zero-order valence-electron chi connectivity index (χ0n) is 24.7.